The Morgan fingerprint density at radius 1 is 1.10 bits per heavy atom. The second kappa shape index (κ2) is 9.61. The van der Waals surface area contributed by atoms with Gasteiger partial charge in [-0.2, -0.15) is 4.31 Å². The van der Waals surface area contributed by atoms with Crippen molar-refractivity contribution in [3.8, 4) is 5.75 Å². The van der Waals surface area contributed by atoms with E-state index in [-0.39, 0.29) is 17.4 Å². The van der Waals surface area contributed by atoms with Gasteiger partial charge in [0.1, 0.15) is 12.4 Å². The van der Waals surface area contributed by atoms with Gasteiger partial charge in [0.25, 0.3) is 5.91 Å². The predicted octanol–water partition coefficient (Wildman–Crippen LogP) is 3.67. The number of likely N-dealkylation sites (N-methyl/N-ethyl adjacent to an activating group) is 1. The summed E-state index contributed by atoms with van der Waals surface area (Å²) in [5.41, 5.74) is 0.336. The number of rotatable bonds is 7. The number of amides is 1. The Bertz CT molecular complexity index is 959. The van der Waals surface area contributed by atoms with E-state index < -0.39 is 10.0 Å². The lowest BCUT2D eigenvalue weighted by molar-refractivity contribution is 0.0773. The topological polar surface area (TPSA) is 66.9 Å². The number of para-hydroxylation sites is 1. The molecule has 1 aliphatic heterocycles. The Kier molecular flexibility index (Phi) is 7.16. The van der Waals surface area contributed by atoms with E-state index in [1.807, 2.05) is 12.1 Å². The number of carbonyl (C=O) groups is 1. The number of sulfonamides is 1. The Morgan fingerprint density at radius 2 is 1.83 bits per heavy atom. The second-order valence-corrected chi connectivity index (χ2v) is 9.34. The normalized spacial score (nSPS) is 15.1. The average molecular weight is 437 g/mol. The zero-order valence-electron chi connectivity index (χ0n) is 16.4. The molecule has 29 heavy (non-hydrogen) atoms. The molecule has 0 aliphatic carbocycles. The van der Waals surface area contributed by atoms with Crippen LogP contribution in [0.25, 0.3) is 0 Å². The summed E-state index contributed by atoms with van der Waals surface area (Å²) in [5.74, 6) is 0.299. The van der Waals surface area contributed by atoms with Crippen molar-refractivity contribution < 1.29 is 17.9 Å². The lowest BCUT2D eigenvalue weighted by Crippen LogP contribution is -2.36. The fourth-order valence-corrected chi connectivity index (χ4v) is 4.97. The molecule has 1 amide bonds. The van der Waals surface area contributed by atoms with Gasteiger partial charge in [0.15, 0.2) is 0 Å². The third kappa shape index (κ3) is 5.29. The molecule has 1 aliphatic rings. The van der Waals surface area contributed by atoms with Crippen LogP contribution in [0.2, 0.25) is 5.02 Å². The highest BCUT2D eigenvalue weighted by molar-refractivity contribution is 7.89. The van der Waals surface area contributed by atoms with Crippen molar-refractivity contribution in [1.82, 2.24) is 9.21 Å². The van der Waals surface area contributed by atoms with Gasteiger partial charge in [0, 0.05) is 25.7 Å². The molecule has 0 unspecified atom stereocenters. The summed E-state index contributed by atoms with van der Waals surface area (Å²) in [5, 5.41) is 0.511. The summed E-state index contributed by atoms with van der Waals surface area (Å²) in [6.45, 7) is 1.67. The fraction of sp³-hybridized carbons (Fsp3) is 0.381. The molecule has 3 rings (SSSR count). The zero-order valence-corrected chi connectivity index (χ0v) is 18.0. The SMILES string of the molecule is CN(CCOc1ccccc1Cl)C(=O)c1cccc(S(=O)(=O)N2CCCCC2)c1. The number of nitrogens with zero attached hydrogens (tertiary/aromatic N) is 2. The smallest absolute Gasteiger partial charge is 0.253 e. The maximum absolute atomic E-state index is 12.9. The van der Waals surface area contributed by atoms with Crippen molar-refractivity contribution in [3.63, 3.8) is 0 Å². The predicted molar refractivity (Wildman–Crippen MR) is 113 cm³/mol. The number of hydrogen-bond acceptors (Lipinski definition) is 4. The van der Waals surface area contributed by atoms with Gasteiger partial charge in [-0.15, -0.1) is 0 Å². The van der Waals surface area contributed by atoms with Gasteiger partial charge in [0.2, 0.25) is 10.0 Å². The van der Waals surface area contributed by atoms with Crippen molar-refractivity contribution >= 4 is 27.5 Å². The molecule has 1 fully saturated rings. The van der Waals surface area contributed by atoms with Crippen LogP contribution in [0, 0.1) is 0 Å². The molecule has 2 aromatic rings. The van der Waals surface area contributed by atoms with Gasteiger partial charge in [0.05, 0.1) is 16.5 Å². The highest BCUT2D eigenvalue weighted by Gasteiger charge is 2.26. The first kappa shape index (κ1) is 21.6. The third-order valence-electron chi connectivity index (χ3n) is 4.90. The molecule has 6 nitrogen and oxygen atoms in total. The van der Waals surface area contributed by atoms with Crippen LogP contribution in [0.5, 0.6) is 5.75 Å². The minimum Gasteiger partial charge on any atom is -0.490 e. The van der Waals surface area contributed by atoms with Crippen LogP contribution in [-0.4, -0.2) is 56.8 Å². The van der Waals surface area contributed by atoms with Crippen LogP contribution in [-0.2, 0) is 10.0 Å². The van der Waals surface area contributed by atoms with E-state index in [9.17, 15) is 13.2 Å². The molecular weight excluding hydrogens is 412 g/mol. The molecule has 156 valence electrons. The highest BCUT2D eigenvalue weighted by atomic mass is 35.5. The van der Waals surface area contributed by atoms with Gasteiger partial charge in [-0.05, 0) is 43.2 Å². The Morgan fingerprint density at radius 3 is 2.55 bits per heavy atom. The number of halogens is 1. The molecular formula is C21H25ClN2O4S. The van der Waals surface area contributed by atoms with Gasteiger partial charge in [-0.25, -0.2) is 8.42 Å². The van der Waals surface area contributed by atoms with Gasteiger partial charge in [-0.1, -0.05) is 36.2 Å². The zero-order chi connectivity index (χ0) is 20.9. The number of hydrogen-bond donors (Lipinski definition) is 0. The third-order valence-corrected chi connectivity index (χ3v) is 7.11. The monoisotopic (exact) mass is 436 g/mol. The first-order valence-electron chi connectivity index (χ1n) is 9.62. The molecule has 0 bridgehead atoms. The molecule has 2 aromatic carbocycles. The lowest BCUT2D eigenvalue weighted by atomic mass is 10.2. The Labute approximate surface area is 177 Å². The minimum absolute atomic E-state index is 0.158. The first-order valence-corrected chi connectivity index (χ1v) is 11.4. The molecule has 8 heteroatoms. The van der Waals surface area contributed by atoms with E-state index in [0.717, 1.165) is 19.3 Å². The van der Waals surface area contributed by atoms with Crippen LogP contribution >= 0.6 is 11.6 Å². The van der Waals surface area contributed by atoms with E-state index in [2.05, 4.69) is 0 Å². The van der Waals surface area contributed by atoms with E-state index in [1.165, 1.54) is 15.3 Å². The standard InChI is InChI=1S/C21H25ClN2O4S/c1-23(14-15-28-20-11-4-3-10-19(20)22)21(25)17-8-7-9-18(16-17)29(26,27)24-12-5-2-6-13-24/h3-4,7-11,16H,2,5-6,12-15H2,1H3. The van der Waals surface area contributed by atoms with Crippen LogP contribution < -0.4 is 4.74 Å². The summed E-state index contributed by atoms with van der Waals surface area (Å²) in [4.78, 5) is 14.4. The van der Waals surface area contributed by atoms with Crippen LogP contribution in [0.4, 0.5) is 0 Å². The number of piperidine rings is 1. The first-order chi connectivity index (χ1) is 13.9. The van der Waals surface area contributed by atoms with Crippen molar-refractivity contribution in [2.75, 3.05) is 33.3 Å². The molecule has 1 saturated heterocycles. The summed E-state index contributed by atoms with van der Waals surface area (Å²) < 4.78 is 32.8. The van der Waals surface area contributed by atoms with Crippen LogP contribution in [0.15, 0.2) is 53.4 Å². The van der Waals surface area contributed by atoms with E-state index in [1.54, 1.807) is 37.4 Å². The van der Waals surface area contributed by atoms with Crippen molar-refractivity contribution in [2.45, 2.75) is 24.2 Å². The van der Waals surface area contributed by atoms with Crippen molar-refractivity contribution in [2.24, 2.45) is 0 Å². The summed E-state index contributed by atoms with van der Waals surface area (Å²) in [6.07, 6.45) is 2.78. The van der Waals surface area contributed by atoms with Gasteiger partial charge >= 0.3 is 0 Å². The van der Waals surface area contributed by atoms with Gasteiger partial charge in [-0.3, -0.25) is 4.79 Å². The summed E-state index contributed by atoms with van der Waals surface area (Å²) in [7, 11) is -1.92. The highest BCUT2D eigenvalue weighted by Crippen LogP contribution is 2.23. The van der Waals surface area contributed by atoms with Crippen molar-refractivity contribution in [1.29, 1.82) is 0 Å². The summed E-state index contributed by atoms with van der Waals surface area (Å²) in [6, 6.07) is 13.4. The fourth-order valence-electron chi connectivity index (χ4n) is 3.22. The van der Waals surface area contributed by atoms with Crippen LogP contribution in [0.3, 0.4) is 0 Å². The maximum Gasteiger partial charge on any atom is 0.253 e. The Balaban J connectivity index is 1.64. The molecule has 0 saturated carbocycles. The summed E-state index contributed by atoms with van der Waals surface area (Å²) >= 11 is 6.06. The molecule has 1 heterocycles. The second-order valence-electron chi connectivity index (χ2n) is 7.00. The molecule has 0 atom stereocenters. The van der Waals surface area contributed by atoms with Gasteiger partial charge < -0.3 is 9.64 Å². The maximum atomic E-state index is 12.9. The molecule has 0 N–H and O–H groups in total. The largest absolute Gasteiger partial charge is 0.490 e. The van der Waals surface area contributed by atoms with E-state index in [4.69, 9.17) is 16.3 Å². The van der Waals surface area contributed by atoms with Crippen LogP contribution in [0.1, 0.15) is 29.6 Å². The number of benzene rings is 2. The molecule has 0 radical (unpaired) electrons. The average Bonchev–Trinajstić information content (AvgIpc) is 2.75. The number of carbonyl (C=O) groups excluding carboxylic acids is 1. The van der Waals surface area contributed by atoms with Crippen molar-refractivity contribution in [3.05, 3.63) is 59.1 Å². The number of ether oxygens (including phenoxy) is 1. The van der Waals surface area contributed by atoms with E-state index in [0.29, 0.717) is 36.0 Å². The minimum atomic E-state index is -3.58. The van der Waals surface area contributed by atoms with E-state index >= 15 is 0 Å². The quantitative estimate of drug-likeness (QED) is 0.664. The Hall–Kier alpha value is -2.09. The molecule has 0 spiro atoms. The lowest BCUT2D eigenvalue weighted by Gasteiger charge is -2.26. The molecule has 0 aromatic heterocycles.